The van der Waals surface area contributed by atoms with E-state index in [1.165, 1.54) is 0 Å². The van der Waals surface area contributed by atoms with Crippen molar-refractivity contribution in [2.24, 2.45) is 0 Å². The molecule has 2 aromatic heterocycles. The first-order chi connectivity index (χ1) is 25.8. The zero-order valence-electron chi connectivity index (χ0n) is 27.4. The number of aromatic nitrogens is 2. The van der Waals surface area contributed by atoms with Gasteiger partial charge in [0.2, 0.25) is 11.8 Å². The number of hydrogen-bond donors (Lipinski definition) is 0. The van der Waals surface area contributed by atoms with Crippen LogP contribution in [0, 0.1) is 0 Å². The van der Waals surface area contributed by atoms with Crippen molar-refractivity contribution < 1.29 is 8.83 Å². The number of nitrogens with zero attached hydrogens (tertiary/aromatic N) is 4. The van der Waals surface area contributed by atoms with Gasteiger partial charge in [0, 0.05) is 30.7 Å². The molecule has 6 nitrogen and oxygen atoms in total. The van der Waals surface area contributed by atoms with Crippen molar-refractivity contribution in [3.8, 4) is 22.9 Å². The first-order valence-electron chi connectivity index (χ1n) is 17.0. The lowest BCUT2D eigenvalue weighted by Gasteiger charge is -2.34. The van der Waals surface area contributed by atoms with Crippen molar-refractivity contribution in [3.05, 3.63) is 158 Å². The van der Waals surface area contributed by atoms with Gasteiger partial charge < -0.3 is 18.6 Å². The van der Waals surface area contributed by atoms with Gasteiger partial charge in [0.15, 0.2) is 11.2 Å². The van der Waals surface area contributed by atoms with E-state index in [0.717, 1.165) is 64.8 Å². The van der Waals surface area contributed by atoms with Crippen molar-refractivity contribution in [1.82, 2.24) is 9.97 Å². The molecule has 8 heteroatoms. The molecule has 0 fully saturated rings. The van der Waals surface area contributed by atoms with Gasteiger partial charge in [-0.3, -0.25) is 0 Å². The molecule has 9 aromatic rings. The van der Waals surface area contributed by atoms with Gasteiger partial charge >= 0.3 is 0 Å². The highest BCUT2D eigenvalue weighted by molar-refractivity contribution is 8.00. The molecule has 0 N–H and O–H groups in total. The van der Waals surface area contributed by atoms with Crippen LogP contribution in [-0.2, 0) is 0 Å². The second-order valence-corrected chi connectivity index (χ2v) is 14.7. The number of hydrogen-bond acceptors (Lipinski definition) is 8. The molecule has 0 bridgehead atoms. The molecule has 0 unspecified atom stereocenters. The quantitative estimate of drug-likeness (QED) is 0.179. The summed E-state index contributed by atoms with van der Waals surface area (Å²) >= 11 is 3.53. The number of rotatable bonds is 4. The standard InChI is InChI=1S/C44H26N4O2S2/c1-3-15-27(16-4-1)43-45-37-39(47-29-19-7-11-23-33(29)51-34-24-12-8-20-30(34)47)42-38(46-44(50-42)28-17-5-2-6-18-28)40(41(37)49-43)48-31-21-9-13-25-35(31)52-36-26-14-10-22-32(36)48/h1-26H. The van der Waals surface area contributed by atoms with Crippen LogP contribution in [0.3, 0.4) is 0 Å². The molecule has 0 amide bonds. The second-order valence-electron chi connectivity index (χ2n) is 12.6. The maximum atomic E-state index is 7.03. The van der Waals surface area contributed by atoms with Gasteiger partial charge in [0.1, 0.15) is 22.4 Å². The summed E-state index contributed by atoms with van der Waals surface area (Å²) in [6.45, 7) is 0. The molecular formula is C44H26N4O2S2. The van der Waals surface area contributed by atoms with Gasteiger partial charge in [0.05, 0.1) is 22.7 Å². The molecule has 0 saturated carbocycles. The van der Waals surface area contributed by atoms with Gasteiger partial charge in [0.25, 0.3) is 0 Å². The highest BCUT2D eigenvalue weighted by Gasteiger charge is 2.37. The molecule has 0 radical (unpaired) electrons. The summed E-state index contributed by atoms with van der Waals surface area (Å²) in [4.78, 5) is 19.8. The van der Waals surface area contributed by atoms with E-state index in [9.17, 15) is 0 Å². The predicted octanol–water partition coefficient (Wildman–Crippen LogP) is 13.2. The van der Waals surface area contributed by atoms with Crippen LogP contribution >= 0.6 is 23.5 Å². The molecule has 11 rings (SSSR count). The number of anilines is 6. The lowest BCUT2D eigenvalue weighted by molar-refractivity contribution is 0.618. The number of benzene rings is 7. The van der Waals surface area contributed by atoms with E-state index in [4.69, 9.17) is 18.8 Å². The zero-order chi connectivity index (χ0) is 34.2. The van der Waals surface area contributed by atoms with E-state index >= 15 is 0 Å². The Morgan fingerprint density at radius 2 is 0.673 bits per heavy atom. The Bertz CT molecular complexity index is 2490. The fourth-order valence-corrected chi connectivity index (χ4v) is 9.33. The van der Waals surface area contributed by atoms with E-state index in [-0.39, 0.29) is 0 Å². The molecule has 0 saturated heterocycles. The summed E-state index contributed by atoms with van der Waals surface area (Å²) in [5.41, 5.74) is 10.1. The minimum Gasteiger partial charge on any atom is -0.434 e. The lowest BCUT2D eigenvalue weighted by Crippen LogP contribution is -2.18. The van der Waals surface area contributed by atoms with Crippen LogP contribution in [0.2, 0.25) is 0 Å². The van der Waals surface area contributed by atoms with Crippen LogP contribution in [0.4, 0.5) is 34.1 Å². The van der Waals surface area contributed by atoms with E-state index < -0.39 is 0 Å². The Morgan fingerprint density at radius 3 is 1.02 bits per heavy atom. The van der Waals surface area contributed by atoms with Crippen LogP contribution in [0.1, 0.15) is 0 Å². The molecule has 0 aliphatic carbocycles. The van der Waals surface area contributed by atoms with Crippen molar-refractivity contribution in [3.63, 3.8) is 0 Å². The monoisotopic (exact) mass is 706 g/mol. The van der Waals surface area contributed by atoms with Gasteiger partial charge in [-0.15, -0.1) is 0 Å². The van der Waals surface area contributed by atoms with Gasteiger partial charge in [-0.2, -0.15) is 0 Å². The topological polar surface area (TPSA) is 58.5 Å². The predicted molar refractivity (Wildman–Crippen MR) is 210 cm³/mol. The van der Waals surface area contributed by atoms with Crippen molar-refractivity contribution in [2.75, 3.05) is 9.80 Å². The Labute approximate surface area is 307 Å². The first-order valence-corrected chi connectivity index (χ1v) is 18.6. The van der Waals surface area contributed by atoms with Gasteiger partial charge in [-0.25, -0.2) is 9.97 Å². The van der Waals surface area contributed by atoms with E-state index in [1.807, 2.05) is 60.7 Å². The summed E-state index contributed by atoms with van der Waals surface area (Å²) in [6, 6.07) is 54.1. The average Bonchev–Trinajstić information content (AvgIpc) is 3.85. The minimum absolute atomic E-state index is 0.523. The normalized spacial score (nSPS) is 13.2. The largest absolute Gasteiger partial charge is 0.434 e. The Kier molecular flexibility index (Phi) is 6.62. The van der Waals surface area contributed by atoms with Crippen molar-refractivity contribution in [1.29, 1.82) is 0 Å². The van der Waals surface area contributed by atoms with E-state index in [2.05, 4.69) is 107 Å². The molecule has 2 aliphatic heterocycles. The number of oxazole rings is 2. The Balaban J connectivity index is 1.32. The van der Waals surface area contributed by atoms with Crippen LogP contribution in [0.25, 0.3) is 45.1 Å². The minimum atomic E-state index is 0.523. The third kappa shape index (κ3) is 4.48. The molecule has 4 heterocycles. The van der Waals surface area contributed by atoms with E-state index in [0.29, 0.717) is 34.0 Å². The average molecular weight is 707 g/mol. The van der Waals surface area contributed by atoms with Gasteiger partial charge in [-0.05, 0) is 72.8 Å². The lowest BCUT2D eigenvalue weighted by atomic mass is 10.1. The molecule has 2 aliphatic rings. The summed E-state index contributed by atoms with van der Waals surface area (Å²) in [5.74, 6) is 1.05. The summed E-state index contributed by atoms with van der Waals surface area (Å²) in [5, 5.41) is 0. The fraction of sp³-hybridized carbons (Fsp3) is 0. The summed E-state index contributed by atoms with van der Waals surface area (Å²) < 4.78 is 14.1. The molecule has 52 heavy (non-hydrogen) atoms. The van der Waals surface area contributed by atoms with Crippen molar-refractivity contribution >= 4 is 79.8 Å². The molecular weight excluding hydrogens is 681 g/mol. The molecule has 7 aromatic carbocycles. The van der Waals surface area contributed by atoms with Crippen LogP contribution in [0.15, 0.2) is 186 Å². The van der Waals surface area contributed by atoms with Crippen LogP contribution in [0.5, 0.6) is 0 Å². The van der Waals surface area contributed by atoms with Crippen LogP contribution < -0.4 is 9.80 Å². The smallest absolute Gasteiger partial charge is 0.227 e. The first kappa shape index (κ1) is 29.5. The third-order valence-electron chi connectivity index (χ3n) is 9.49. The number of para-hydroxylation sites is 4. The Hall–Kier alpha value is -6.22. The molecule has 0 atom stereocenters. The third-order valence-corrected chi connectivity index (χ3v) is 11.7. The Morgan fingerprint density at radius 1 is 0.365 bits per heavy atom. The maximum Gasteiger partial charge on any atom is 0.227 e. The highest BCUT2D eigenvalue weighted by Crippen LogP contribution is 2.59. The SMILES string of the molecule is c1ccc(-c2nc3c(N4c5ccccc5Sc5ccccc54)c4oc(-c5ccccc5)nc4c(N4c5ccccc5Sc5ccccc54)c3o2)cc1. The summed E-state index contributed by atoms with van der Waals surface area (Å²) in [6.07, 6.45) is 0. The summed E-state index contributed by atoms with van der Waals surface area (Å²) in [7, 11) is 0. The number of fused-ring (bicyclic) bond motifs is 6. The van der Waals surface area contributed by atoms with Crippen LogP contribution in [-0.4, -0.2) is 9.97 Å². The maximum absolute atomic E-state index is 7.03. The molecule has 0 spiro atoms. The molecule has 246 valence electrons. The highest BCUT2D eigenvalue weighted by atomic mass is 32.2. The fourth-order valence-electron chi connectivity index (χ4n) is 7.21. The van der Waals surface area contributed by atoms with Crippen molar-refractivity contribution in [2.45, 2.75) is 19.6 Å². The second kappa shape index (κ2) is 11.7. The van der Waals surface area contributed by atoms with E-state index in [1.54, 1.807) is 23.5 Å². The van der Waals surface area contributed by atoms with Gasteiger partial charge in [-0.1, -0.05) is 108 Å². The zero-order valence-corrected chi connectivity index (χ0v) is 29.1.